The lowest BCUT2D eigenvalue weighted by Crippen LogP contribution is -2.02. The van der Waals surface area contributed by atoms with Gasteiger partial charge >= 0.3 is 0 Å². The van der Waals surface area contributed by atoms with E-state index >= 15 is 0 Å². The summed E-state index contributed by atoms with van der Waals surface area (Å²) in [5, 5.41) is 9.78. The van der Waals surface area contributed by atoms with Crippen molar-refractivity contribution in [2.75, 3.05) is 5.73 Å². The summed E-state index contributed by atoms with van der Waals surface area (Å²) in [6.07, 6.45) is 0. The standard InChI is InChI=1S/C8H10N4S/c1-6-8(9)10-11-12(6)5-7-3-2-4-13-7/h2-4H,5,9H2,1H3. The van der Waals surface area contributed by atoms with E-state index in [2.05, 4.69) is 16.4 Å². The van der Waals surface area contributed by atoms with Gasteiger partial charge in [0.15, 0.2) is 5.82 Å². The molecule has 68 valence electrons. The lowest BCUT2D eigenvalue weighted by atomic mass is 10.4. The molecule has 5 heteroatoms. The van der Waals surface area contributed by atoms with E-state index in [0.717, 1.165) is 12.2 Å². The number of nitrogen functional groups attached to an aromatic ring is 1. The normalized spacial score (nSPS) is 10.5. The van der Waals surface area contributed by atoms with Gasteiger partial charge in [0, 0.05) is 4.88 Å². The summed E-state index contributed by atoms with van der Waals surface area (Å²) >= 11 is 1.71. The highest BCUT2D eigenvalue weighted by molar-refractivity contribution is 7.09. The number of hydrogen-bond donors (Lipinski definition) is 1. The van der Waals surface area contributed by atoms with Gasteiger partial charge in [-0.1, -0.05) is 11.3 Å². The molecule has 0 unspecified atom stereocenters. The fourth-order valence-corrected chi connectivity index (χ4v) is 1.76. The van der Waals surface area contributed by atoms with Gasteiger partial charge in [0.25, 0.3) is 0 Å². The number of anilines is 1. The molecule has 13 heavy (non-hydrogen) atoms. The molecular formula is C8H10N4S. The van der Waals surface area contributed by atoms with Crippen molar-refractivity contribution >= 4 is 17.2 Å². The summed E-state index contributed by atoms with van der Waals surface area (Å²) in [7, 11) is 0. The van der Waals surface area contributed by atoms with Gasteiger partial charge in [-0.2, -0.15) is 0 Å². The molecule has 2 aromatic heterocycles. The molecule has 2 N–H and O–H groups in total. The van der Waals surface area contributed by atoms with E-state index in [1.54, 1.807) is 16.0 Å². The molecule has 0 aliphatic heterocycles. The molecule has 0 bridgehead atoms. The quantitative estimate of drug-likeness (QED) is 0.783. The summed E-state index contributed by atoms with van der Waals surface area (Å²) in [6, 6.07) is 4.09. The van der Waals surface area contributed by atoms with Crippen molar-refractivity contribution in [3.63, 3.8) is 0 Å². The molecule has 0 aliphatic carbocycles. The topological polar surface area (TPSA) is 56.7 Å². The Morgan fingerprint density at radius 2 is 2.46 bits per heavy atom. The van der Waals surface area contributed by atoms with Crippen LogP contribution in [0.15, 0.2) is 17.5 Å². The second-order valence-electron chi connectivity index (χ2n) is 2.80. The second kappa shape index (κ2) is 3.18. The maximum Gasteiger partial charge on any atom is 0.168 e. The number of nitrogens with two attached hydrogens (primary N) is 1. The Morgan fingerprint density at radius 3 is 3.00 bits per heavy atom. The van der Waals surface area contributed by atoms with Crippen LogP contribution in [0.2, 0.25) is 0 Å². The molecule has 0 aliphatic rings. The molecule has 0 amide bonds. The number of thiophene rings is 1. The Balaban J connectivity index is 2.24. The van der Waals surface area contributed by atoms with Crippen molar-refractivity contribution in [3.05, 3.63) is 28.1 Å². The summed E-state index contributed by atoms with van der Waals surface area (Å²) in [4.78, 5) is 1.26. The highest BCUT2D eigenvalue weighted by Gasteiger charge is 2.04. The van der Waals surface area contributed by atoms with Crippen LogP contribution in [0.5, 0.6) is 0 Å². The average Bonchev–Trinajstić information content (AvgIpc) is 2.71. The predicted molar refractivity (Wildman–Crippen MR) is 52.6 cm³/mol. The van der Waals surface area contributed by atoms with Crippen molar-refractivity contribution < 1.29 is 0 Å². The maximum atomic E-state index is 5.58. The van der Waals surface area contributed by atoms with Gasteiger partial charge in [0.05, 0.1) is 12.2 Å². The summed E-state index contributed by atoms with van der Waals surface area (Å²) in [5.74, 6) is 0.511. The van der Waals surface area contributed by atoms with Gasteiger partial charge in [-0.15, -0.1) is 16.4 Å². The fraction of sp³-hybridized carbons (Fsp3) is 0.250. The van der Waals surface area contributed by atoms with E-state index < -0.39 is 0 Å². The molecule has 2 heterocycles. The van der Waals surface area contributed by atoms with Crippen LogP contribution in [0.4, 0.5) is 5.82 Å². The molecule has 0 saturated carbocycles. The van der Waals surface area contributed by atoms with Crippen molar-refractivity contribution in [1.82, 2.24) is 15.0 Å². The SMILES string of the molecule is Cc1c(N)nnn1Cc1cccs1. The molecule has 0 aromatic carbocycles. The molecule has 2 aromatic rings. The van der Waals surface area contributed by atoms with Gasteiger partial charge in [-0.25, -0.2) is 4.68 Å². The highest BCUT2D eigenvalue weighted by Crippen LogP contribution is 2.12. The number of rotatable bonds is 2. The molecule has 4 nitrogen and oxygen atoms in total. The van der Waals surface area contributed by atoms with Gasteiger partial charge in [0.2, 0.25) is 0 Å². The Hall–Kier alpha value is -1.36. The zero-order valence-electron chi connectivity index (χ0n) is 7.27. The third-order valence-electron chi connectivity index (χ3n) is 1.90. The number of hydrogen-bond acceptors (Lipinski definition) is 4. The summed E-state index contributed by atoms with van der Waals surface area (Å²) in [6.45, 7) is 2.68. The van der Waals surface area contributed by atoms with Gasteiger partial charge in [-0.05, 0) is 18.4 Å². The minimum absolute atomic E-state index is 0.511. The van der Waals surface area contributed by atoms with E-state index in [0.29, 0.717) is 5.82 Å². The van der Waals surface area contributed by atoms with Crippen LogP contribution >= 0.6 is 11.3 Å². The van der Waals surface area contributed by atoms with Crippen molar-refractivity contribution in [1.29, 1.82) is 0 Å². The summed E-state index contributed by atoms with van der Waals surface area (Å²) < 4.78 is 1.81. The van der Waals surface area contributed by atoms with Crippen LogP contribution in [0.25, 0.3) is 0 Å². The minimum atomic E-state index is 0.511. The molecule has 2 rings (SSSR count). The molecule has 0 atom stereocenters. The van der Waals surface area contributed by atoms with E-state index in [4.69, 9.17) is 5.73 Å². The van der Waals surface area contributed by atoms with Crippen LogP contribution in [0.1, 0.15) is 10.6 Å². The Labute approximate surface area is 80.0 Å². The maximum absolute atomic E-state index is 5.58. The first kappa shape index (κ1) is 8.25. The van der Waals surface area contributed by atoms with Crippen LogP contribution < -0.4 is 5.73 Å². The van der Waals surface area contributed by atoms with Crippen molar-refractivity contribution in [2.24, 2.45) is 0 Å². The van der Waals surface area contributed by atoms with Gasteiger partial charge < -0.3 is 5.73 Å². The van der Waals surface area contributed by atoms with Gasteiger partial charge in [0.1, 0.15) is 0 Å². The molecule has 0 radical (unpaired) electrons. The van der Waals surface area contributed by atoms with E-state index in [-0.39, 0.29) is 0 Å². The molecular weight excluding hydrogens is 184 g/mol. The highest BCUT2D eigenvalue weighted by atomic mass is 32.1. The smallest absolute Gasteiger partial charge is 0.168 e. The van der Waals surface area contributed by atoms with Crippen molar-refractivity contribution in [3.8, 4) is 0 Å². The summed E-state index contributed by atoms with van der Waals surface area (Å²) in [5.41, 5.74) is 6.50. The van der Waals surface area contributed by atoms with E-state index in [1.807, 2.05) is 18.4 Å². The third-order valence-corrected chi connectivity index (χ3v) is 2.77. The Kier molecular flexibility index (Phi) is 2.02. The number of aromatic nitrogens is 3. The van der Waals surface area contributed by atoms with E-state index in [9.17, 15) is 0 Å². The minimum Gasteiger partial charge on any atom is -0.381 e. The first-order valence-corrected chi connectivity index (χ1v) is 4.83. The van der Waals surface area contributed by atoms with Crippen LogP contribution in [-0.4, -0.2) is 15.0 Å². The lowest BCUT2D eigenvalue weighted by molar-refractivity contribution is 0.639. The number of nitrogens with zero attached hydrogens (tertiary/aromatic N) is 3. The second-order valence-corrected chi connectivity index (χ2v) is 3.83. The van der Waals surface area contributed by atoms with Crippen LogP contribution in [0, 0.1) is 6.92 Å². The molecule has 0 fully saturated rings. The Morgan fingerprint density at radius 1 is 1.62 bits per heavy atom. The fourth-order valence-electron chi connectivity index (χ4n) is 1.07. The third kappa shape index (κ3) is 1.55. The van der Waals surface area contributed by atoms with Crippen molar-refractivity contribution in [2.45, 2.75) is 13.5 Å². The molecule has 0 spiro atoms. The monoisotopic (exact) mass is 194 g/mol. The zero-order valence-corrected chi connectivity index (χ0v) is 8.08. The largest absolute Gasteiger partial charge is 0.381 e. The van der Waals surface area contributed by atoms with Gasteiger partial charge in [-0.3, -0.25) is 0 Å². The van der Waals surface area contributed by atoms with Crippen LogP contribution in [-0.2, 0) is 6.54 Å². The first-order chi connectivity index (χ1) is 6.27. The zero-order chi connectivity index (χ0) is 9.26. The van der Waals surface area contributed by atoms with E-state index in [1.165, 1.54) is 4.88 Å². The predicted octanol–water partition coefficient (Wildman–Crippen LogP) is 1.28. The average molecular weight is 194 g/mol. The Bertz CT molecular complexity index is 390. The van der Waals surface area contributed by atoms with Crippen LogP contribution in [0.3, 0.4) is 0 Å². The molecule has 0 saturated heterocycles. The lowest BCUT2D eigenvalue weighted by Gasteiger charge is -1.99. The first-order valence-electron chi connectivity index (χ1n) is 3.95.